The van der Waals surface area contributed by atoms with Gasteiger partial charge in [-0.15, -0.1) is 0 Å². The number of benzene rings is 4. The Hall–Kier alpha value is -4.10. The van der Waals surface area contributed by atoms with Crippen LogP contribution in [0.1, 0.15) is 22.0 Å². The summed E-state index contributed by atoms with van der Waals surface area (Å²) in [5.41, 5.74) is 2.25. The van der Waals surface area contributed by atoms with E-state index in [1.165, 1.54) is 4.31 Å². The molecule has 1 atom stereocenters. The molecule has 1 amide bonds. The predicted molar refractivity (Wildman–Crippen MR) is 132 cm³/mol. The first kappa shape index (κ1) is 21.7. The van der Waals surface area contributed by atoms with Crippen LogP contribution in [0.3, 0.4) is 0 Å². The number of rotatable bonds is 5. The van der Waals surface area contributed by atoms with Gasteiger partial charge in [-0.2, -0.15) is 0 Å². The minimum atomic E-state index is -3.90. The molecule has 1 unspecified atom stereocenters. The molecule has 4 aromatic carbocycles. The fourth-order valence-corrected chi connectivity index (χ4v) is 5.65. The predicted octanol–water partition coefficient (Wildman–Crippen LogP) is 5.27. The third kappa shape index (κ3) is 4.13. The van der Waals surface area contributed by atoms with Gasteiger partial charge >= 0.3 is 0 Å². The Bertz CT molecular complexity index is 1410. The average Bonchev–Trinajstić information content (AvgIpc) is 2.89. The molecule has 1 aliphatic rings. The zero-order valence-electron chi connectivity index (χ0n) is 18.2. The first-order chi connectivity index (χ1) is 16.5. The molecule has 6 nitrogen and oxygen atoms in total. The summed E-state index contributed by atoms with van der Waals surface area (Å²) in [6, 6.07) is 31.1. The highest BCUT2D eigenvalue weighted by Crippen LogP contribution is 2.43. The second-order valence-electron chi connectivity index (χ2n) is 7.85. The quantitative estimate of drug-likeness (QED) is 0.431. The summed E-state index contributed by atoms with van der Waals surface area (Å²) >= 11 is 0. The number of amides is 1. The van der Waals surface area contributed by atoms with E-state index in [9.17, 15) is 13.2 Å². The third-order valence-corrected chi connectivity index (χ3v) is 7.49. The largest absolute Gasteiger partial charge is 0.489 e. The Morgan fingerprint density at radius 1 is 0.824 bits per heavy atom. The smallest absolute Gasteiger partial charge is 0.265 e. The molecular formula is C27H22N2O4S. The normalized spacial score (nSPS) is 15.2. The van der Waals surface area contributed by atoms with Gasteiger partial charge in [-0.25, -0.2) is 8.42 Å². The number of nitrogens with one attached hydrogen (secondary N) is 1. The molecule has 0 fully saturated rings. The van der Waals surface area contributed by atoms with Gasteiger partial charge in [-0.05, 0) is 48.0 Å². The van der Waals surface area contributed by atoms with E-state index in [4.69, 9.17) is 4.74 Å². The molecule has 7 heteroatoms. The molecule has 1 N–H and O–H groups in total. The van der Waals surface area contributed by atoms with E-state index in [-0.39, 0.29) is 17.4 Å². The monoisotopic (exact) mass is 470 g/mol. The second-order valence-corrected chi connectivity index (χ2v) is 9.67. The summed E-state index contributed by atoms with van der Waals surface area (Å²) in [4.78, 5) is 13.0. The molecule has 1 aliphatic heterocycles. The van der Waals surface area contributed by atoms with Crippen LogP contribution in [0.2, 0.25) is 0 Å². The number of hydrogen-bond acceptors (Lipinski definition) is 4. The molecule has 0 bridgehead atoms. The summed E-state index contributed by atoms with van der Waals surface area (Å²) in [5, 5.41) is 2.84. The van der Waals surface area contributed by atoms with Crippen LogP contribution in [-0.4, -0.2) is 20.9 Å². The number of sulfonamides is 1. The van der Waals surface area contributed by atoms with Crippen LogP contribution in [0.5, 0.6) is 5.75 Å². The van der Waals surface area contributed by atoms with Gasteiger partial charge in [0.1, 0.15) is 18.4 Å². The Labute approximate surface area is 198 Å². The van der Waals surface area contributed by atoms with Gasteiger partial charge in [-0.1, -0.05) is 66.7 Å². The van der Waals surface area contributed by atoms with Crippen molar-refractivity contribution in [3.05, 3.63) is 120 Å². The molecule has 4 aromatic rings. The van der Waals surface area contributed by atoms with Crippen LogP contribution in [0.4, 0.5) is 11.4 Å². The maximum atomic E-state index is 13.8. The van der Waals surface area contributed by atoms with Gasteiger partial charge in [-0.3, -0.25) is 9.10 Å². The Balaban J connectivity index is 1.56. The van der Waals surface area contributed by atoms with Crippen molar-refractivity contribution in [2.75, 3.05) is 16.2 Å². The molecule has 0 aromatic heterocycles. The first-order valence-corrected chi connectivity index (χ1v) is 12.3. The van der Waals surface area contributed by atoms with Crippen LogP contribution in [-0.2, 0) is 10.0 Å². The fraction of sp³-hybridized carbons (Fsp3) is 0.0741. The number of ether oxygens (including phenoxy) is 1. The molecule has 0 spiro atoms. The number of hydrogen-bond donors (Lipinski definition) is 1. The molecule has 0 saturated heterocycles. The van der Waals surface area contributed by atoms with Gasteiger partial charge in [0.05, 0.1) is 10.6 Å². The summed E-state index contributed by atoms with van der Waals surface area (Å²) in [5.74, 6) is 0.0349. The Morgan fingerprint density at radius 2 is 1.44 bits per heavy atom. The van der Waals surface area contributed by atoms with E-state index in [0.717, 1.165) is 5.56 Å². The van der Waals surface area contributed by atoms with Gasteiger partial charge in [0.15, 0.2) is 0 Å². The van der Waals surface area contributed by atoms with Gasteiger partial charge in [0.2, 0.25) is 0 Å². The van der Waals surface area contributed by atoms with Crippen LogP contribution in [0, 0.1) is 0 Å². The van der Waals surface area contributed by atoms with Crippen molar-refractivity contribution < 1.29 is 17.9 Å². The average molecular weight is 471 g/mol. The van der Waals surface area contributed by atoms with Crippen molar-refractivity contribution in [1.82, 2.24) is 0 Å². The first-order valence-electron chi connectivity index (χ1n) is 10.8. The number of para-hydroxylation sites is 1. The van der Waals surface area contributed by atoms with Gasteiger partial charge in [0.25, 0.3) is 15.9 Å². The lowest BCUT2D eigenvalue weighted by atomic mass is 10.0. The van der Waals surface area contributed by atoms with Gasteiger partial charge < -0.3 is 10.1 Å². The third-order valence-electron chi connectivity index (χ3n) is 5.66. The summed E-state index contributed by atoms with van der Waals surface area (Å²) in [6.45, 7) is 0.118. The molecule has 170 valence electrons. The number of carbonyl (C=O) groups excluding carboxylic acids is 1. The van der Waals surface area contributed by atoms with Crippen molar-refractivity contribution in [2.24, 2.45) is 0 Å². The topological polar surface area (TPSA) is 75.7 Å². The molecule has 0 saturated carbocycles. The summed E-state index contributed by atoms with van der Waals surface area (Å²) in [6.07, 6.45) is 0. The highest BCUT2D eigenvalue weighted by atomic mass is 32.2. The molecule has 34 heavy (non-hydrogen) atoms. The number of nitrogens with zero attached hydrogens (tertiary/aromatic N) is 1. The Kier molecular flexibility index (Phi) is 5.77. The highest BCUT2D eigenvalue weighted by molar-refractivity contribution is 7.92. The fourth-order valence-electron chi connectivity index (χ4n) is 3.99. The van der Waals surface area contributed by atoms with Gasteiger partial charge in [0, 0.05) is 11.3 Å². The maximum absolute atomic E-state index is 13.8. The zero-order valence-corrected chi connectivity index (χ0v) is 19.0. The number of carbonyl (C=O) groups is 1. The lowest BCUT2D eigenvalue weighted by molar-refractivity contribution is 0.102. The molecule has 0 radical (unpaired) electrons. The van der Waals surface area contributed by atoms with E-state index in [0.29, 0.717) is 22.7 Å². The Morgan fingerprint density at radius 3 is 2.12 bits per heavy atom. The minimum absolute atomic E-state index is 0.118. The van der Waals surface area contributed by atoms with Crippen molar-refractivity contribution in [1.29, 1.82) is 0 Å². The van der Waals surface area contributed by atoms with E-state index >= 15 is 0 Å². The lowest BCUT2D eigenvalue weighted by Crippen LogP contribution is -2.41. The minimum Gasteiger partial charge on any atom is -0.489 e. The van der Waals surface area contributed by atoms with E-state index < -0.39 is 16.1 Å². The molecule has 0 aliphatic carbocycles. The SMILES string of the molecule is O=C(Nc1ccccc1)c1ccc2c(c1)OCC(c1ccccc1)N2S(=O)(=O)c1ccccc1. The molecular weight excluding hydrogens is 448 g/mol. The van der Waals surface area contributed by atoms with Crippen molar-refractivity contribution >= 4 is 27.3 Å². The van der Waals surface area contributed by atoms with Crippen LogP contribution < -0.4 is 14.4 Å². The summed E-state index contributed by atoms with van der Waals surface area (Å²) in [7, 11) is -3.90. The van der Waals surface area contributed by atoms with Crippen molar-refractivity contribution in [3.8, 4) is 5.75 Å². The van der Waals surface area contributed by atoms with Crippen LogP contribution in [0.15, 0.2) is 114 Å². The number of fused-ring (bicyclic) bond motifs is 1. The van der Waals surface area contributed by atoms with Crippen molar-refractivity contribution in [2.45, 2.75) is 10.9 Å². The number of anilines is 2. The van der Waals surface area contributed by atoms with Crippen LogP contribution in [0.25, 0.3) is 0 Å². The van der Waals surface area contributed by atoms with E-state index in [2.05, 4.69) is 5.32 Å². The second kappa shape index (κ2) is 9.03. The zero-order chi connectivity index (χ0) is 23.5. The standard InChI is InChI=1S/C27H22N2O4S/c30-27(28-22-12-6-2-7-13-22)21-16-17-24-26(18-21)33-19-25(20-10-4-1-5-11-20)29(24)34(31,32)23-14-8-3-9-15-23/h1-18,25H,19H2,(H,28,30). The van der Waals surface area contributed by atoms with E-state index in [1.54, 1.807) is 60.7 Å². The molecule has 5 rings (SSSR count). The lowest BCUT2D eigenvalue weighted by Gasteiger charge is -2.38. The van der Waals surface area contributed by atoms with E-state index in [1.807, 2.05) is 48.5 Å². The maximum Gasteiger partial charge on any atom is 0.265 e. The highest BCUT2D eigenvalue weighted by Gasteiger charge is 2.38. The van der Waals surface area contributed by atoms with Crippen LogP contribution >= 0.6 is 0 Å². The molecule has 1 heterocycles. The summed E-state index contributed by atoms with van der Waals surface area (Å²) < 4.78 is 35.0. The van der Waals surface area contributed by atoms with Crippen molar-refractivity contribution in [3.63, 3.8) is 0 Å².